The number of nitrogens with zero attached hydrogens (tertiary/aromatic N) is 1. The van der Waals surface area contributed by atoms with Gasteiger partial charge in [0.25, 0.3) is 0 Å². The predicted octanol–water partition coefficient (Wildman–Crippen LogP) is 1.24. The lowest BCUT2D eigenvalue weighted by Crippen LogP contribution is -2.45. The Labute approximate surface area is 104 Å². The molecule has 1 aliphatic heterocycles. The van der Waals surface area contributed by atoms with Crippen LogP contribution in [0.1, 0.15) is 33.1 Å². The molecule has 17 heavy (non-hydrogen) atoms. The molecule has 100 valence electrons. The van der Waals surface area contributed by atoms with E-state index >= 15 is 0 Å². The quantitative estimate of drug-likeness (QED) is 0.789. The zero-order valence-electron chi connectivity index (χ0n) is 11.3. The Kier molecular flexibility index (Phi) is 5.92. The molecular weight excluding hydrogens is 216 g/mol. The van der Waals surface area contributed by atoms with Crippen molar-refractivity contribution in [1.82, 2.24) is 4.90 Å². The van der Waals surface area contributed by atoms with Gasteiger partial charge in [-0.15, -0.1) is 0 Å². The van der Waals surface area contributed by atoms with Gasteiger partial charge in [0, 0.05) is 20.2 Å². The number of hydrogen-bond acceptors (Lipinski definition) is 3. The van der Waals surface area contributed by atoms with Gasteiger partial charge >= 0.3 is 0 Å². The predicted molar refractivity (Wildman–Crippen MR) is 68.6 cm³/mol. The lowest BCUT2D eigenvalue weighted by Gasteiger charge is -2.29. The van der Waals surface area contributed by atoms with Crippen molar-refractivity contribution in [3.63, 3.8) is 0 Å². The van der Waals surface area contributed by atoms with Gasteiger partial charge in [-0.05, 0) is 31.1 Å². The summed E-state index contributed by atoms with van der Waals surface area (Å²) >= 11 is 0. The van der Waals surface area contributed by atoms with Gasteiger partial charge in [0.2, 0.25) is 5.91 Å². The highest BCUT2D eigenvalue weighted by atomic mass is 16.5. The average molecular weight is 242 g/mol. The maximum absolute atomic E-state index is 12.0. The van der Waals surface area contributed by atoms with Crippen molar-refractivity contribution < 1.29 is 9.53 Å². The molecule has 0 aromatic rings. The van der Waals surface area contributed by atoms with Crippen LogP contribution in [0, 0.1) is 11.8 Å². The zero-order chi connectivity index (χ0) is 12.8. The summed E-state index contributed by atoms with van der Waals surface area (Å²) in [5.74, 6) is 0.994. The van der Waals surface area contributed by atoms with E-state index in [1.807, 2.05) is 7.05 Å². The second-order valence-corrected chi connectivity index (χ2v) is 5.54. The number of carbonyl (C=O) groups is 1. The van der Waals surface area contributed by atoms with Gasteiger partial charge in [-0.2, -0.15) is 0 Å². The fraction of sp³-hybridized carbons (Fsp3) is 0.923. The Morgan fingerprint density at radius 1 is 1.53 bits per heavy atom. The van der Waals surface area contributed by atoms with Crippen LogP contribution in [0.3, 0.4) is 0 Å². The van der Waals surface area contributed by atoms with Crippen LogP contribution in [-0.4, -0.2) is 43.7 Å². The second-order valence-electron chi connectivity index (χ2n) is 5.54. The van der Waals surface area contributed by atoms with Crippen molar-refractivity contribution in [2.75, 3.05) is 26.8 Å². The molecule has 1 amide bonds. The van der Waals surface area contributed by atoms with Crippen LogP contribution in [0.5, 0.6) is 0 Å². The Hall–Kier alpha value is -0.610. The summed E-state index contributed by atoms with van der Waals surface area (Å²) in [5.41, 5.74) is 5.90. The third-order valence-electron chi connectivity index (χ3n) is 3.21. The van der Waals surface area contributed by atoms with Crippen LogP contribution >= 0.6 is 0 Å². The molecule has 0 aromatic heterocycles. The van der Waals surface area contributed by atoms with E-state index in [2.05, 4.69) is 13.8 Å². The van der Waals surface area contributed by atoms with Crippen molar-refractivity contribution in [2.24, 2.45) is 17.6 Å². The van der Waals surface area contributed by atoms with Crippen LogP contribution in [-0.2, 0) is 9.53 Å². The third kappa shape index (κ3) is 5.04. The first-order valence-corrected chi connectivity index (χ1v) is 6.59. The summed E-state index contributed by atoms with van der Waals surface area (Å²) in [6.07, 6.45) is 3.01. The van der Waals surface area contributed by atoms with Gasteiger partial charge in [0.15, 0.2) is 0 Å². The molecule has 1 unspecified atom stereocenters. The minimum absolute atomic E-state index is 0.0595. The van der Waals surface area contributed by atoms with E-state index in [4.69, 9.17) is 10.5 Å². The molecule has 1 aliphatic rings. The highest BCUT2D eigenvalue weighted by Crippen LogP contribution is 2.15. The van der Waals surface area contributed by atoms with Crippen molar-refractivity contribution in [3.8, 4) is 0 Å². The summed E-state index contributed by atoms with van der Waals surface area (Å²) in [5, 5.41) is 0. The van der Waals surface area contributed by atoms with Crippen molar-refractivity contribution in [3.05, 3.63) is 0 Å². The summed E-state index contributed by atoms with van der Waals surface area (Å²) in [4.78, 5) is 13.8. The minimum atomic E-state index is -0.357. The zero-order valence-corrected chi connectivity index (χ0v) is 11.3. The first-order valence-electron chi connectivity index (χ1n) is 6.59. The van der Waals surface area contributed by atoms with Gasteiger partial charge in [0.1, 0.15) is 0 Å². The van der Waals surface area contributed by atoms with Gasteiger partial charge in [-0.3, -0.25) is 4.79 Å². The smallest absolute Gasteiger partial charge is 0.239 e. The van der Waals surface area contributed by atoms with Gasteiger partial charge in [-0.1, -0.05) is 13.8 Å². The maximum atomic E-state index is 12.0. The lowest BCUT2D eigenvalue weighted by atomic mass is 10.0. The number of carbonyl (C=O) groups excluding carboxylic acids is 1. The van der Waals surface area contributed by atoms with Crippen molar-refractivity contribution in [1.29, 1.82) is 0 Å². The molecule has 4 heteroatoms. The molecule has 1 fully saturated rings. The average Bonchev–Trinajstić information content (AvgIpc) is 2.28. The highest BCUT2D eigenvalue weighted by Gasteiger charge is 2.22. The molecule has 4 nitrogen and oxygen atoms in total. The molecule has 0 spiro atoms. The fourth-order valence-corrected chi connectivity index (χ4v) is 2.32. The summed E-state index contributed by atoms with van der Waals surface area (Å²) < 4.78 is 5.42. The first kappa shape index (κ1) is 14.5. The minimum Gasteiger partial charge on any atom is -0.381 e. The van der Waals surface area contributed by atoms with Crippen LogP contribution in [0.4, 0.5) is 0 Å². The van der Waals surface area contributed by atoms with E-state index in [-0.39, 0.29) is 11.9 Å². The Morgan fingerprint density at radius 3 is 2.76 bits per heavy atom. The van der Waals surface area contributed by atoms with Crippen LogP contribution in [0.25, 0.3) is 0 Å². The lowest BCUT2D eigenvalue weighted by molar-refractivity contribution is -0.132. The normalized spacial score (nSPS) is 22.5. The Morgan fingerprint density at radius 2 is 2.24 bits per heavy atom. The molecule has 1 rings (SSSR count). The van der Waals surface area contributed by atoms with Crippen molar-refractivity contribution in [2.45, 2.75) is 39.2 Å². The van der Waals surface area contributed by atoms with Crippen molar-refractivity contribution >= 4 is 5.91 Å². The number of likely N-dealkylation sites (N-methyl/N-ethyl adjacent to an activating group) is 1. The van der Waals surface area contributed by atoms with Gasteiger partial charge in [0.05, 0.1) is 12.6 Å². The molecule has 0 saturated carbocycles. The monoisotopic (exact) mass is 242 g/mol. The molecule has 2 atom stereocenters. The SMILES string of the molecule is CC(C)C[C@@H](N)C(=O)N(C)CC1CCCOC1. The van der Waals surface area contributed by atoms with Gasteiger partial charge in [-0.25, -0.2) is 0 Å². The van der Waals surface area contributed by atoms with Gasteiger partial charge < -0.3 is 15.4 Å². The molecule has 1 heterocycles. The van der Waals surface area contributed by atoms with Crippen LogP contribution in [0.15, 0.2) is 0 Å². The van der Waals surface area contributed by atoms with E-state index in [0.29, 0.717) is 11.8 Å². The van der Waals surface area contributed by atoms with E-state index in [9.17, 15) is 4.79 Å². The second kappa shape index (κ2) is 6.97. The van der Waals surface area contributed by atoms with E-state index < -0.39 is 0 Å². The third-order valence-corrected chi connectivity index (χ3v) is 3.21. The molecule has 0 bridgehead atoms. The topological polar surface area (TPSA) is 55.6 Å². The van der Waals surface area contributed by atoms with E-state index in [0.717, 1.165) is 39.0 Å². The molecule has 0 aliphatic carbocycles. The molecular formula is C13H26N2O2. The number of hydrogen-bond donors (Lipinski definition) is 1. The number of ether oxygens (including phenoxy) is 1. The maximum Gasteiger partial charge on any atom is 0.239 e. The number of amides is 1. The Balaban J connectivity index is 2.34. The highest BCUT2D eigenvalue weighted by molar-refractivity contribution is 5.81. The number of nitrogens with two attached hydrogens (primary N) is 1. The van der Waals surface area contributed by atoms with E-state index in [1.54, 1.807) is 4.90 Å². The molecule has 0 aromatic carbocycles. The molecule has 2 N–H and O–H groups in total. The number of rotatable bonds is 5. The standard InChI is InChI=1S/C13H26N2O2/c1-10(2)7-12(14)13(16)15(3)8-11-5-4-6-17-9-11/h10-12H,4-9,14H2,1-3H3/t11?,12-/m1/s1. The Bertz CT molecular complexity index is 238. The summed E-state index contributed by atoms with van der Waals surface area (Å²) in [6, 6.07) is -0.357. The first-order chi connectivity index (χ1) is 8.00. The summed E-state index contributed by atoms with van der Waals surface area (Å²) in [7, 11) is 1.84. The van der Waals surface area contributed by atoms with Crippen LogP contribution < -0.4 is 5.73 Å². The van der Waals surface area contributed by atoms with Crippen LogP contribution in [0.2, 0.25) is 0 Å². The molecule has 1 saturated heterocycles. The largest absolute Gasteiger partial charge is 0.381 e. The fourth-order valence-electron chi connectivity index (χ4n) is 2.32. The van der Waals surface area contributed by atoms with E-state index in [1.165, 1.54) is 0 Å². The summed E-state index contributed by atoms with van der Waals surface area (Å²) in [6.45, 7) is 6.58. The molecule has 0 radical (unpaired) electrons.